The number of carbonyl (C=O) groups excluding carboxylic acids is 1. The number of likely N-dealkylation sites (tertiary alicyclic amines) is 1. The third kappa shape index (κ3) is 3.98. The molecule has 3 rings (SSSR count). The topological polar surface area (TPSA) is 62.4 Å². The summed E-state index contributed by atoms with van der Waals surface area (Å²) in [4.78, 5) is 30.9. The molecular formula is C21H28N2O3. The van der Waals surface area contributed by atoms with Crippen molar-refractivity contribution in [1.82, 2.24) is 9.88 Å². The van der Waals surface area contributed by atoms with Crippen molar-refractivity contribution in [3.8, 4) is 0 Å². The number of ether oxygens (including phenoxy) is 1. The van der Waals surface area contributed by atoms with E-state index in [2.05, 4.69) is 16.8 Å². The minimum absolute atomic E-state index is 0.0135. The van der Waals surface area contributed by atoms with Gasteiger partial charge in [0, 0.05) is 35.2 Å². The predicted octanol–water partition coefficient (Wildman–Crippen LogP) is 3.64. The Hall–Kier alpha value is -2.14. The number of fused-ring (bicyclic) bond motifs is 1. The molecule has 2 heterocycles. The fraction of sp³-hybridized carbons (Fsp3) is 0.524. The van der Waals surface area contributed by atoms with Crippen LogP contribution in [0, 0.1) is 12.8 Å². The highest BCUT2D eigenvalue weighted by molar-refractivity contribution is 5.94. The molecule has 0 amide bonds. The number of esters is 1. The van der Waals surface area contributed by atoms with Gasteiger partial charge in [0.15, 0.2) is 5.43 Å². The summed E-state index contributed by atoms with van der Waals surface area (Å²) in [5.74, 6) is 0.295. The lowest BCUT2D eigenvalue weighted by Crippen LogP contribution is -2.35. The number of carbonyl (C=O) groups is 1. The summed E-state index contributed by atoms with van der Waals surface area (Å²) in [5.41, 5.74) is 2.90. The molecular weight excluding hydrogens is 328 g/mol. The molecule has 1 aliphatic rings. The first-order valence-electron chi connectivity index (χ1n) is 9.54. The number of benzene rings is 1. The molecule has 1 saturated heterocycles. The Morgan fingerprint density at radius 2 is 2.19 bits per heavy atom. The summed E-state index contributed by atoms with van der Waals surface area (Å²) in [6, 6.07) is 5.16. The molecule has 140 valence electrons. The third-order valence-electron chi connectivity index (χ3n) is 5.11. The fourth-order valence-corrected chi connectivity index (χ4v) is 3.70. The number of hydrogen-bond donors (Lipinski definition) is 1. The van der Waals surface area contributed by atoms with Gasteiger partial charge < -0.3 is 9.72 Å². The van der Waals surface area contributed by atoms with Gasteiger partial charge in [0.1, 0.15) is 0 Å². The van der Waals surface area contributed by atoms with E-state index in [9.17, 15) is 9.59 Å². The van der Waals surface area contributed by atoms with Crippen LogP contribution in [0.1, 0.15) is 54.7 Å². The van der Waals surface area contributed by atoms with E-state index in [-0.39, 0.29) is 11.4 Å². The van der Waals surface area contributed by atoms with Crippen LogP contribution in [0.5, 0.6) is 0 Å². The van der Waals surface area contributed by atoms with Crippen LogP contribution in [0.3, 0.4) is 0 Å². The molecule has 1 aromatic heterocycles. The first kappa shape index (κ1) is 18.6. The molecule has 0 aliphatic carbocycles. The maximum atomic E-state index is 13.1. The molecule has 1 atom stereocenters. The molecule has 0 radical (unpaired) electrons. The lowest BCUT2D eigenvalue weighted by Gasteiger charge is -2.31. The van der Waals surface area contributed by atoms with Gasteiger partial charge in [-0.2, -0.15) is 0 Å². The molecule has 1 fully saturated rings. The smallest absolute Gasteiger partial charge is 0.338 e. The minimum Gasteiger partial charge on any atom is -0.462 e. The summed E-state index contributed by atoms with van der Waals surface area (Å²) >= 11 is 0. The van der Waals surface area contributed by atoms with E-state index in [0.29, 0.717) is 30.0 Å². The van der Waals surface area contributed by atoms with Gasteiger partial charge in [-0.25, -0.2) is 4.79 Å². The van der Waals surface area contributed by atoms with Gasteiger partial charge in [-0.15, -0.1) is 0 Å². The molecule has 1 aliphatic heterocycles. The van der Waals surface area contributed by atoms with E-state index in [0.717, 1.165) is 36.3 Å². The van der Waals surface area contributed by atoms with Crippen LogP contribution >= 0.6 is 0 Å². The van der Waals surface area contributed by atoms with Crippen molar-refractivity contribution < 1.29 is 9.53 Å². The summed E-state index contributed by atoms with van der Waals surface area (Å²) in [6.45, 7) is 9.27. The van der Waals surface area contributed by atoms with Crippen LogP contribution in [-0.2, 0) is 11.3 Å². The lowest BCUT2D eigenvalue weighted by atomic mass is 9.99. The summed E-state index contributed by atoms with van der Waals surface area (Å²) in [6.07, 6.45) is 3.21. The molecule has 1 unspecified atom stereocenters. The zero-order valence-corrected chi connectivity index (χ0v) is 15.9. The summed E-state index contributed by atoms with van der Waals surface area (Å²) in [5, 5.41) is 0.557. The van der Waals surface area contributed by atoms with Crippen molar-refractivity contribution in [1.29, 1.82) is 0 Å². The average molecular weight is 356 g/mol. The Labute approximate surface area is 154 Å². The SMILES string of the molecule is CCCOC(=O)c1ccc2[nH]c(C)c(CN3CCCC(C)C3)c(=O)c2c1. The first-order chi connectivity index (χ1) is 12.5. The van der Waals surface area contributed by atoms with Gasteiger partial charge in [-0.3, -0.25) is 9.69 Å². The Bertz CT molecular complexity index is 856. The number of piperidine rings is 1. The van der Waals surface area contributed by atoms with Gasteiger partial charge in [-0.05, 0) is 56.8 Å². The molecule has 1 aromatic carbocycles. The fourth-order valence-electron chi connectivity index (χ4n) is 3.70. The van der Waals surface area contributed by atoms with Crippen LogP contribution in [0.25, 0.3) is 10.9 Å². The molecule has 0 bridgehead atoms. The molecule has 26 heavy (non-hydrogen) atoms. The van der Waals surface area contributed by atoms with E-state index in [1.165, 1.54) is 12.8 Å². The van der Waals surface area contributed by atoms with Crippen molar-refractivity contribution in [2.45, 2.75) is 46.6 Å². The van der Waals surface area contributed by atoms with Gasteiger partial charge in [0.2, 0.25) is 0 Å². The highest BCUT2D eigenvalue weighted by Crippen LogP contribution is 2.20. The average Bonchev–Trinajstić information content (AvgIpc) is 2.63. The monoisotopic (exact) mass is 356 g/mol. The second-order valence-corrected chi connectivity index (χ2v) is 7.44. The normalized spacial score (nSPS) is 18.2. The van der Waals surface area contributed by atoms with Gasteiger partial charge in [0.25, 0.3) is 0 Å². The van der Waals surface area contributed by atoms with E-state index in [1.54, 1.807) is 18.2 Å². The van der Waals surface area contributed by atoms with Crippen molar-refractivity contribution in [2.24, 2.45) is 5.92 Å². The van der Waals surface area contributed by atoms with Crippen LogP contribution < -0.4 is 5.43 Å². The van der Waals surface area contributed by atoms with Crippen molar-refractivity contribution in [2.75, 3.05) is 19.7 Å². The molecule has 0 spiro atoms. The number of aryl methyl sites for hydroxylation is 1. The number of hydrogen-bond acceptors (Lipinski definition) is 4. The van der Waals surface area contributed by atoms with Crippen molar-refractivity contribution >= 4 is 16.9 Å². The number of aromatic nitrogens is 1. The van der Waals surface area contributed by atoms with Crippen LogP contribution in [0.15, 0.2) is 23.0 Å². The van der Waals surface area contributed by atoms with E-state index >= 15 is 0 Å². The van der Waals surface area contributed by atoms with Crippen LogP contribution in [0.2, 0.25) is 0 Å². The number of pyridine rings is 1. The van der Waals surface area contributed by atoms with E-state index < -0.39 is 0 Å². The minimum atomic E-state index is -0.375. The number of nitrogens with zero attached hydrogens (tertiary/aromatic N) is 1. The largest absolute Gasteiger partial charge is 0.462 e. The van der Waals surface area contributed by atoms with E-state index in [1.807, 2.05) is 13.8 Å². The Kier molecular flexibility index (Phi) is 5.77. The van der Waals surface area contributed by atoms with Gasteiger partial charge in [0.05, 0.1) is 12.2 Å². The maximum absolute atomic E-state index is 13.1. The summed E-state index contributed by atoms with van der Waals surface area (Å²) < 4.78 is 5.19. The second-order valence-electron chi connectivity index (χ2n) is 7.44. The Morgan fingerprint density at radius 3 is 2.92 bits per heavy atom. The van der Waals surface area contributed by atoms with Crippen LogP contribution in [0.4, 0.5) is 0 Å². The molecule has 1 N–H and O–H groups in total. The third-order valence-corrected chi connectivity index (χ3v) is 5.11. The standard InChI is InChI=1S/C21H28N2O3/c1-4-10-26-21(25)16-7-8-19-17(11-16)20(24)18(15(3)22-19)13-23-9-5-6-14(2)12-23/h7-8,11,14H,4-6,9-10,12-13H2,1-3H3,(H,22,24). The van der Waals surface area contributed by atoms with Gasteiger partial charge >= 0.3 is 5.97 Å². The molecule has 2 aromatic rings. The number of aromatic amines is 1. The quantitative estimate of drug-likeness (QED) is 0.831. The lowest BCUT2D eigenvalue weighted by molar-refractivity contribution is 0.0505. The van der Waals surface area contributed by atoms with Crippen LogP contribution in [-0.4, -0.2) is 35.5 Å². The van der Waals surface area contributed by atoms with Crippen molar-refractivity contribution in [3.63, 3.8) is 0 Å². The van der Waals surface area contributed by atoms with E-state index in [4.69, 9.17) is 4.74 Å². The zero-order valence-electron chi connectivity index (χ0n) is 15.9. The van der Waals surface area contributed by atoms with Gasteiger partial charge in [-0.1, -0.05) is 13.8 Å². The second kappa shape index (κ2) is 8.04. The Balaban J connectivity index is 1.94. The first-order valence-corrected chi connectivity index (χ1v) is 9.54. The highest BCUT2D eigenvalue weighted by Gasteiger charge is 2.19. The molecule has 5 nitrogen and oxygen atoms in total. The van der Waals surface area contributed by atoms with Crippen molar-refractivity contribution in [3.05, 3.63) is 45.2 Å². The maximum Gasteiger partial charge on any atom is 0.338 e. The highest BCUT2D eigenvalue weighted by atomic mass is 16.5. The molecule has 0 saturated carbocycles. The molecule has 5 heteroatoms. The predicted molar refractivity (Wildman–Crippen MR) is 104 cm³/mol. The summed E-state index contributed by atoms with van der Waals surface area (Å²) in [7, 11) is 0. The zero-order chi connectivity index (χ0) is 18.7. The number of H-pyrrole nitrogens is 1. The number of nitrogens with one attached hydrogen (secondary N) is 1. The number of rotatable bonds is 5. The Morgan fingerprint density at radius 1 is 1.38 bits per heavy atom.